The van der Waals surface area contributed by atoms with Crippen LogP contribution in [-0.2, 0) is 42.9 Å². The Kier molecular flexibility index (Phi) is 11.8. The Morgan fingerprint density at radius 2 is 1.37 bits per heavy atom. The third-order valence-electron chi connectivity index (χ3n) is 14.0. The van der Waals surface area contributed by atoms with Crippen molar-refractivity contribution >= 4 is 35.6 Å². The molecule has 7 rings (SSSR count). The van der Waals surface area contributed by atoms with E-state index in [1.807, 2.05) is 0 Å². The minimum atomic E-state index is -2.41. The SMILES string of the molecule is CC(=O)O[C@H]1C(=O)[C@@]2(C)C([C@H](OC(=O)c3ccccc3)[C@]3(O)C[C@H](OC(=O)[C@H](O)[C@@H](NC(=O)c4ccccc4)c4ccccc4)C(C)=C1C3(C)C)[C@]1(OC(C)=O)CO[C@@]1(C)C[C@@H]2O. The summed E-state index contributed by atoms with van der Waals surface area (Å²) in [4.78, 5) is 83.9. The molecule has 63 heavy (non-hydrogen) atoms. The van der Waals surface area contributed by atoms with Gasteiger partial charge in [0.15, 0.2) is 23.6 Å². The molecule has 0 aromatic heterocycles. The highest BCUT2D eigenvalue weighted by molar-refractivity contribution is 5.96. The molecule has 3 fully saturated rings. The Morgan fingerprint density at radius 1 is 0.794 bits per heavy atom. The van der Waals surface area contributed by atoms with Crippen LogP contribution in [0.2, 0.25) is 0 Å². The van der Waals surface area contributed by atoms with Crippen molar-refractivity contribution in [1.29, 1.82) is 0 Å². The number of hydrogen-bond donors (Lipinski definition) is 4. The third-order valence-corrected chi connectivity index (χ3v) is 14.0. The van der Waals surface area contributed by atoms with Crippen LogP contribution in [0.25, 0.3) is 0 Å². The van der Waals surface area contributed by atoms with E-state index in [1.165, 1.54) is 26.0 Å². The Labute approximate surface area is 364 Å². The number of Topliss-reactive ketones (excluding diaryl/α,β-unsaturated/α-hetero) is 1. The number of ether oxygens (including phenoxy) is 5. The van der Waals surface area contributed by atoms with E-state index in [2.05, 4.69) is 5.32 Å². The summed E-state index contributed by atoms with van der Waals surface area (Å²) in [5.41, 5.74) is -8.63. The van der Waals surface area contributed by atoms with Gasteiger partial charge in [-0.2, -0.15) is 0 Å². The zero-order chi connectivity index (χ0) is 45.9. The number of hydrogen-bond acceptors (Lipinski definition) is 14. The highest BCUT2D eigenvalue weighted by atomic mass is 16.6. The molecule has 1 amide bonds. The van der Waals surface area contributed by atoms with E-state index in [9.17, 15) is 39.3 Å². The van der Waals surface area contributed by atoms with E-state index in [0.29, 0.717) is 5.56 Å². The summed E-state index contributed by atoms with van der Waals surface area (Å²) in [5.74, 6) is -6.90. The zero-order valence-corrected chi connectivity index (χ0v) is 36.2. The fourth-order valence-electron chi connectivity index (χ4n) is 10.5. The lowest BCUT2D eigenvalue weighted by Crippen LogP contribution is -2.85. The Balaban J connectivity index is 1.40. The van der Waals surface area contributed by atoms with Crippen molar-refractivity contribution in [1.82, 2.24) is 5.32 Å². The van der Waals surface area contributed by atoms with Gasteiger partial charge in [0.1, 0.15) is 23.4 Å². The number of ketones is 1. The molecule has 334 valence electrons. The molecule has 0 spiro atoms. The number of benzene rings is 3. The first kappa shape index (κ1) is 45.3. The van der Waals surface area contributed by atoms with Crippen molar-refractivity contribution in [3.63, 3.8) is 0 Å². The van der Waals surface area contributed by atoms with E-state index >= 15 is 4.79 Å². The summed E-state index contributed by atoms with van der Waals surface area (Å²) >= 11 is 0. The first-order valence-corrected chi connectivity index (χ1v) is 20.8. The largest absolute Gasteiger partial charge is 0.456 e. The zero-order valence-electron chi connectivity index (χ0n) is 36.2. The van der Waals surface area contributed by atoms with Crippen molar-refractivity contribution in [2.75, 3.05) is 6.61 Å². The van der Waals surface area contributed by atoms with Gasteiger partial charge < -0.3 is 44.3 Å². The number of carbonyl (C=O) groups excluding carboxylic acids is 6. The monoisotopic (exact) mass is 867 g/mol. The van der Waals surface area contributed by atoms with Crippen molar-refractivity contribution < 1.29 is 67.8 Å². The van der Waals surface area contributed by atoms with Crippen molar-refractivity contribution in [3.8, 4) is 0 Å². The van der Waals surface area contributed by atoms with E-state index in [1.54, 1.807) is 99.6 Å². The number of esters is 4. The average molecular weight is 868 g/mol. The maximum Gasteiger partial charge on any atom is 0.338 e. The Bertz CT molecular complexity index is 2330. The topological polar surface area (TPSA) is 221 Å². The van der Waals surface area contributed by atoms with Gasteiger partial charge >= 0.3 is 23.9 Å². The fraction of sp³-hybridized carbons (Fsp3) is 0.458. The van der Waals surface area contributed by atoms with Gasteiger partial charge in [-0.15, -0.1) is 0 Å². The summed E-state index contributed by atoms with van der Waals surface area (Å²) in [7, 11) is 0. The summed E-state index contributed by atoms with van der Waals surface area (Å²) in [6, 6.07) is 22.9. The minimum Gasteiger partial charge on any atom is -0.456 e. The fourth-order valence-corrected chi connectivity index (χ4v) is 10.5. The van der Waals surface area contributed by atoms with Crippen LogP contribution >= 0.6 is 0 Å². The van der Waals surface area contributed by atoms with Gasteiger partial charge in [-0.3, -0.25) is 19.2 Å². The first-order chi connectivity index (χ1) is 29.6. The number of aliphatic hydroxyl groups is 3. The predicted molar refractivity (Wildman–Crippen MR) is 222 cm³/mol. The van der Waals surface area contributed by atoms with Crippen LogP contribution in [-0.4, -0.2) is 105 Å². The number of nitrogens with one attached hydrogen (secondary N) is 1. The number of fused-ring (bicyclic) bond motifs is 5. The number of carbonyl (C=O) groups is 6. The van der Waals surface area contributed by atoms with Gasteiger partial charge in [-0.1, -0.05) is 80.6 Å². The van der Waals surface area contributed by atoms with Gasteiger partial charge in [0.25, 0.3) is 5.91 Å². The molecule has 3 aromatic rings. The predicted octanol–water partition coefficient (Wildman–Crippen LogP) is 4.13. The standard InChI is InChI=1S/C48H53NO14/c1-26-32(61-43(57)36(53)35(29-17-11-8-12-18-29)49-41(55)30-19-13-9-14-20-30)23-47(58)40(62-42(56)31-21-15-10-16-22-31)38-46(7,39(54)37(60-27(2)50)34(26)44(47,4)5)33(52)24-45(6)48(38,25-59-45)63-28(3)51/h8-22,32-33,35-38,40,52-53,58H,23-25H2,1-7H3,(H,49,55)/t32-,33-,35-,36+,37+,38?,40-,45-,46+,47+,48+/m0/s1. The van der Waals surface area contributed by atoms with Crippen LogP contribution < -0.4 is 5.32 Å². The second kappa shape index (κ2) is 16.4. The first-order valence-electron chi connectivity index (χ1n) is 20.8. The number of amides is 1. The van der Waals surface area contributed by atoms with Crippen LogP contribution in [0.1, 0.15) is 93.6 Å². The second-order valence-electron chi connectivity index (χ2n) is 18.0. The maximum atomic E-state index is 15.6. The molecule has 4 N–H and O–H groups in total. The van der Waals surface area contributed by atoms with Crippen LogP contribution in [0.5, 0.6) is 0 Å². The highest BCUT2D eigenvalue weighted by Gasteiger charge is 2.81. The average Bonchev–Trinajstić information content (AvgIpc) is 3.25. The smallest absolute Gasteiger partial charge is 0.338 e. The molecule has 3 aromatic carbocycles. The molecule has 1 unspecified atom stereocenters. The molecular formula is C48H53NO14. The third kappa shape index (κ3) is 7.34. The number of rotatable bonds is 10. The van der Waals surface area contributed by atoms with E-state index in [-0.39, 0.29) is 35.3 Å². The van der Waals surface area contributed by atoms with Crippen LogP contribution in [0.4, 0.5) is 0 Å². The summed E-state index contributed by atoms with van der Waals surface area (Å²) in [6.07, 6.45) is -9.61. The Hall–Kier alpha value is -5.74. The lowest BCUT2D eigenvalue weighted by molar-refractivity contribution is -0.383. The molecule has 1 saturated heterocycles. The molecule has 2 saturated carbocycles. The molecule has 15 heteroatoms. The van der Waals surface area contributed by atoms with Crippen molar-refractivity contribution in [3.05, 3.63) is 119 Å². The molecule has 3 aliphatic carbocycles. The van der Waals surface area contributed by atoms with Crippen molar-refractivity contribution in [2.24, 2.45) is 16.7 Å². The molecule has 1 aliphatic heterocycles. The number of aliphatic hydroxyl groups excluding tert-OH is 2. The molecule has 15 nitrogen and oxygen atoms in total. The van der Waals surface area contributed by atoms with Crippen LogP contribution in [0.3, 0.4) is 0 Å². The maximum absolute atomic E-state index is 15.6. The minimum absolute atomic E-state index is 0.00639. The molecule has 2 bridgehead atoms. The lowest BCUT2D eigenvalue weighted by Gasteiger charge is -2.70. The normalized spacial score (nSPS) is 32.7. The van der Waals surface area contributed by atoms with E-state index in [0.717, 1.165) is 13.8 Å². The van der Waals surface area contributed by atoms with Gasteiger partial charge in [0, 0.05) is 37.7 Å². The van der Waals surface area contributed by atoms with Gasteiger partial charge in [-0.25, -0.2) is 9.59 Å². The van der Waals surface area contributed by atoms with Crippen molar-refractivity contribution in [2.45, 2.75) is 115 Å². The molecule has 4 aliphatic rings. The van der Waals surface area contributed by atoms with Crippen LogP contribution in [0, 0.1) is 16.7 Å². The van der Waals surface area contributed by atoms with E-state index in [4.69, 9.17) is 23.7 Å². The quantitative estimate of drug-likeness (QED) is 0.128. The molecule has 0 radical (unpaired) electrons. The lowest BCUT2D eigenvalue weighted by atomic mass is 9.42. The highest BCUT2D eigenvalue weighted by Crippen LogP contribution is 2.67. The molecule has 11 atom stereocenters. The summed E-state index contributed by atoms with van der Waals surface area (Å²) in [6.45, 7) is 9.55. The Morgan fingerprint density at radius 3 is 1.90 bits per heavy atom. The van der Waals surface area contributed by atoms with E-state index < -0.39 is 112 Å². The van der Waals surface area contributed by atoms with Crippen LogP contribution in [0.15, 0.2) is 102 Å². The summed E-state index contributed by atoms with van der Waals surface area (Å²) < 4.78 is 30.7. The van der Waals surface area contributed by atoms with Gasteiger partial charge in [0.2, 0.25) is 0 Å². The summed E-state index contributed by atoms with van der Waals surface area (Å²) in [5, 5.41) is 40.5. The molecular weight excluding hydrogens is 815 g/mol. The van der Waals surface area contributed by atoms with Gasteiger partial charge in [0.05, 0.1) is 35.6 Å². The van der Waals surface area contributed by atoms with Gasteiger partial charge in [-0.05, 0) is 61.7 Å². The second-order valence-corrected chi connectivity index (χ2v) is 18.0. The molecule has 1 heterocycles.